The number of hydrogen-bond acceptors (Lipinski definition) is 7. The molecule has 4 aliphatic rings. The zero-order valence-electron chi connectivity index (χ0n) is 22.7. The summed E-state index contributed by atoms with van der Waals surface area (Å²) in [4.78, 5) is 0. The van der Waals surface area contributed by atoms with E-state index in [0.29, 0.717) is 19.3 Å². The lowest BCUT2D eigenvalue weighted by Crippen LogP contribution is -2.71. The van der Waals surface area contributed by atoms with Crippen molar-refractivity contribution in [3.8, 4) is 0 Å². The second-order valence-electron chi connectivity index (χ2n) is 13.4. The summed E-state index contributed by atoms with van der Waals surface area (Å²) >= 11 is 0. The fraction of sp³-hybridized carbons (Fsp3) is 0.931. The number of aliphatic hydroxyl groups is 7. The molecule has 15 atom stereocenters. The van der Waals surface area contributed by atoms with Crippen LogP contribution in [0.4, 0.5) is 0 Å². The van der Waals surface area contributed by atoms with Crippen molar-refractivity contribution in [1.82, 2.24) is 0 Å². The predicted octanol–water partition coefficient (Wildman–Crippen LogP) is 1.85. The number of rotatable bonds is 6. The second kappa shape index (κ2) is 9.89. The molecular weight excluding hydrogens is 460 g/mol. The Morgan fingerprint density at radius 2 is 1.50 bits per heavy atom. The fourth-order valence-corrected chi connectivity index (χ4v) is 9.85. The molecule has 4 saturated carbocycles. The first-order valence-electron chi connectivity index (χ1n) is 14.2. The molecule has 7 N–H and O–H groups in total. The number of fused-ring (bicyclic) bond motifs is 5. The predicted molar refractivity (Wildman–Crippen MR) is 137 cm³/mol. The molecule has 0 aromatic carbocycles. The van der Waals surface area contributed by atoms with Gasteiger partial charge in [0.1, 0.15) is 0 Å². The molecule has 0 amide bonds. The first kappa shape index (κ1) is 28.5. The van der Waals surface area contributed by atoms with Crippen molar-refractivity contribution < 1.29 is 35.7 Å². The highest BCUT2D eigenvalue weighted by atomic mass is 16.3. The summed E-state index contributed by atoms with van der Waals surface area (Å²) in [5.41, 5.74) is -2.49. The van der Waals surface area contributed by atoms with Gasteiger partial charge in [0.05, 0.1) is 36.1 Å². The molecule has 0 spiro atoms. The Kier molecular flexibility index (Phi) is 7.82. The Morgan fingerprint density at radius 3 is 2.11 bits per heavy atom. The molecule has 0 bridgehead atoms. The third kappa shape index (κ3) is 4.04. The quantitative estimate of drug-likeness (QED) is 0.270. The van der Waals surface area contributed by atoms with Crippen LogP contribution in [0.5, 0.6) is 0 Å². The summed E-state index contributed by atoms with van der Waals surface area (Å²) in [6.07, 6.45) is 2.53. The summed E-state index contributed by atoms with van der Waals surface area (Å²) in [6.45, 7) is 10.4. The summed E-state index contributed by atoms with van der Waals surface area (Å²) in [6, 6.07) is 0. The zero-order chi connectivity index (χ0) is 26.8. The minimum absolute atomic E-state index is 0.0224. The van der Waals surface area contributed by atoms with Crippen molar-refractivity contribution in [2.75, 3.05) is 6.61 Å². The molecule has 4 fully saturated rings. The van der Waals surface area contributed by atoms with Crippen LogP contribution >= 0.6 is 0 Å². The minimum atomic E-state index is -1.38. The number of hydrogen-bond donors (Lipinski definition) is 7. The highest BCUT2D eigenvalue weighted by Gasteiger charge is 2.73. The lowest BCUT2D eigenvalue weighted by atomic mass is 9.41. The van der Waals surface area contributed by atoms with E-state index < -0.39 is 58.8 Å². The lowest BCUT2D eigenvalue weighted by Gasteiger charge is -2.66. The van der Waals surface area contributed by atoms with Crippen molar-refractivity contribution in [2.24, 2.45) is 52.3 Å². The van der Waals surface area contributed by atoms with Crippen LogP contribution in [0.25, 0.3) is 0 Å². The smallest absolute Gasteiger partial charge is 0.0863 e. The minimum Gasteiger partial charge on any atom is -0.396 e. The standard InChI is InChI=1S/C29H50O7/c1-6-17(16(3)14-30)8-7-15(2)21-24(34)25(35)26-28(21,5)12-10-20-27(4)11-9-18(31)23(33)22(27)19(32)13-29(20,26)36/h7-8,15-26,30-36H,6,9-14H2,1-5H3/b8-7+/t15-,16-,17+,18+,19+,20?,21+,22?,23+,24-,25-,26?,27-,28-,29+/m1/s1. The van der Waals surface area contributed by atoms with Gasteiger partial charge >= 0.3 is 0 Å². The van der Waals surface area contributed by atoms with Crippen LogP contribution in [0.15, 0.2) is 12.2 Å². The number of aliphatic hydroxyl groups excluding tert-OH is 6. The third-order valence-electron chi connectivity index (χ3n) is 11.6. The molecule has 7 nitrogen and oxygen atoms in total. The molecule has 7 heteroatoms. The van der Waals surface area contributed by atoms with Gasteiger partial charge in [-0.3, -0.25) is 0 Å². The van der Waals surface area contributed by atoms with Crippen molar-refractivity contribution in [3.63, 3.8) is 0 Å². The van der Waals surface area contributed by atoms with Crippen molar-refractivity contribution in [2.45, 2.75) is 109 Å². The molecular formula is C29H50O7. The molecule has 0 aliphatic heterocycles. The van der Waals surface area contributed by atoms with Crippen LogP contribution in [0.1, 0.15) is 73.1 Å². The molecule has 36 heavy (non-hydrogen) atoms. The average Bonchev–Trinajstić information content (AvgIpc) is 3.02. The Balaban J connectivity index is 1.67. The van der Waals surface area contributed by atoms with E-state index in [1.807, 2.05) is 13.8 Å². The van der Waals surface area contributed by atoms with E-state index >= 15 is 0 Å². The van der Waals surface area contributed by atoms with E-state index in [1.165, 1.54) is 0 Å². The van der Waals surface area contributed by atoms with Crippen LogP contribution in [-0.4, -0.2) is 78.5 Å². The van der Waals surface area contributed by atoms with Gasteiger partial charge < -0.3 is 35.7 Å². The molecule has 4 aliphatic carbocycles. The van der Waals surface area contributed by atoms with Gasteiger partial charge in [-0.2, -0.15) is 0 Å². The first-order chi connectivity index (χ1) is 16.8. The summed E-state index contributed by atoms with van der Waals surface area (Å²) < 4.78 is 0. The van der Waals surface area contributed by atoms with Crippen molar-refractivity contribution >= 4 is 0 Å². The third-order valence-corrected chi connectivity index (χ3v) is 11.6. The van der Waals surface area contributed by atoms with E-state index in [1.54, 1.807) is 0 Å². The second-order valence-corrected chi connectivity index (χ2v) is 13.4. The molecule has 3 unspecified atom stereocenters. The van der Waals surface area contributed by atoms with Gasteiger partial charge in [-0.25, -0.2) is 0 Å². The maximum Gasteiger partial charge on any atom is 0.0863 e. The zero-order valence-corrected chi connectivity index (χ0v) is 22.7. The average molecular weight is 511 g/mol. The topological polar surface area (TPSA) is 142 Å². The molecule has 0 saturated heterocycles. The van der Waals surface area contributed by atoms with Crippen LogP contribution in [0, 0.1) is 52.3 Å². The van der Waals surface area contributed by atoms with Crippen LogP contribution in [-0.2, 0) is 0 Å². The normalized spacial score (nSPS) is 53.4. The summed E-state index contributed by atoms with van der Waals surface area (Å²) in [5, 5.41) is 77.2. The van der Waals surface area contributed by atoms with Gasteiger partial charge in [0.15, 0.2) is 0 Å². The largest absolute Gasteiger partial charge is 0.396 e. The SMILES string of the molecule is CC[C@@H](/C=C/[C@@H](C)[C@H]1[C@@H](O)[C@@H](O)C2[C@]3(O)C[C@H](O)C4[C@@H](O)[C@@H](O)CC[C@]4(C)C3CC[C@@]21C)[C@H](C)CO. The maximum atomic E-state index is 12.4. The van der Waals surface area contributed by atoms with E-state index in [4.69, 9.17) is 0 Å². The van der Waals surface area contributed by atoms with E-state index in [-0.39, 0.29) is 42.6 Å². The Morgan fingerprint density at radius 1 is 0.861 bits per heavy atom. The monoisotopic (exact) mass is 510 g/mol. The highest BCUT2D eigenvalue weighted by Crippen LogP contribution is 2.69. The van der Waals surface area contributed by atoms with Gasteiger partial charge in [-0.05, 0) is 72.5 Å². The Hall–Kier alpha value is -0.540. The van der Waals surface area contributed by atoms with Gasteiger partial charge in [0, 0.05) is 24.9 Å². The van der Waals surface area contributed by atoms with Crippen LogP contribution < -0.4 is 0 Å². The van der Waals surface area contributed by atoms with Crippen molar-refractivity contribution in [3.05, 3.63) is 12.2 Å². The van der Waals surface area contributed by atoms with Gasteiger partial charge in [0.2, 0.25) is 0 Å². The molecule has 0 aromatic heterocycles. The molecule has 0 heterocycles. The van der Waals surface area contributed by atoms with Crippen LogP contribution in [0.3, 0.4) is 0 Å². The van der Waals surface area contributed by atoms with Crippen molar-refractivity contribution in [1.29, 1.82) is 0 Å². The highest BCUT2D eigenvalue weighted by molar-refractivity contribution is 5.23. The summed E-state index contributed by atoms with van der Waals surface area (Å²) in [5.74, 6) is -1.33. The Labute approximate surface area is 216 Å². The van der Waals surface area contributed by atoms with E-state index in [2.05, 4.69) is 32.9 Å². The maximum absolute atomic E-state index is 12.4. The number of allylic oxidation sites excluding steroid dienone is 2. The van der Waals surface area contributed by atoms with E-state index in [9.17, 15) is 35.7 Å². The van der Waals surface area contributed by atoms with Crippen LogP contribution in [0.2, 0.25) is 0 Å². The Bertz CT molecular complexity index is 819. The van der Waals surface area contributed by atoms with Gasteiger partial charge in [-0.1, -0.05) is 46.8 Å². The molecule has 208 valence electrons. The lowest BCUT2D eigenvalue weighted by molar-refractivity contribution is -0.280. The fourth-order valence-electron chi connectivity index (χ4n) is 9.85. The van der Waals surface area contributed by atoms with E-state index in [0.717, 1.165) is 12.8 Å². The molecule has 0 aromatic rings. The summed E-state index contributed by atoms with van der Waals surface area (Å²) in [7, 11) is 0. The molecule has 0 radical (unpaired) electrons. The van der Waals surface area contributed by atoms with Gasteiger partial charge in [0.25, 0.3) is 0 Å². The molecule has 4 rings (SSSR count). The van der Waals surface area contributed by atoms with Gasteiger partial charge in [-0.15, -0.1) is 0 Å². The first-order valence-corrected chi connectivity index (χ1v) is 14.2.